The normalized spacial score (nSPS) is 15.5. The first-order valence-corrected chi connectivity index (χ1v) is 9.90. The van der Waals surface area contributed by atoms with Gasteiger partial charge in [0, 0.05) is 5.02 Å². The van der Waals surface area contributed by atoms with E-state index >= 15 is 0 Å². The fourth-order valence-corrected chi connectivity index (χ4v) is 3.67. The predicted molar refractivity (Wildman–Crippen MR) is 111 cm³/mol. The van der Waals surface area contributed by atoms with E-state index in [1.165, 1.54) is 0 Å². The second-order valence-corrected chi connectivity index (χ2v) is 7.32. The standard InChI is InChI=1S/C21H18ClN5O4/c1-28-16-5-3-4-14(19(16)29-2)21-23-20(25-31-21)18-15-11-30-17(10-27(15)26-24-18)12-6-8-13(22)9-7-12/h3-9,17H,10-11H2,1-2H3/t17-/m0/s1. The van der Waals surface area contributed by atoms with E-state index in [-0.39, 0.29) is 6.10 Å². The van der Waals surface area contributed by atoms with Gasteiger partial charge < -0.3 is 18.7 Å². The molecule has 10 heteroatoms. The van der Waals surface area contributed by atoms with E-state index < -0.39 is 0 Å². The Labute approximate surface area is 182 Å². The minimum atomic E-state index is -0.138. The Balaban J connectivity index is 1.43. The molecule has 4 aromatic rings. The smallest absolute Gasteiger partial charge is 0.262 e. The van der Waals surface area contributed by atoms with E-state index in [9.17, 15) is 0 Å². The number of hydrogen-bond donors (Lipinski definition) is 0. The first-order valence-electron chi connectivity index (χ1n) is 9.52. The maximum atomic E-state index is 6.04. The number of fused-ring (bicyclic) bond motifs is 1. The number of ether oxygens (including phenoxy) is 3. The minimum absolute atomic E-state index is 0.138. The fraction of sp³-hybridized carbons (Fsp3) is 0.238. The van der Waals surface area contributed by atoms with Gasteiger partial charge in [-0.3, -0.25) is 0 Å². The molecule has 0 unspecified atom stereocenters. The lowest BCUT2D eigenvalue weighted by molar-refractivity contribution is -0.00112. The number of rotatable bonds is 5. The average Bonchev–Trinajstić information content (AvgIpc) is 3.45. The molecular weight excluding hydrogens is 422 g/mol. The van der Waals surface area contributed by atoms with E-state index in [0.717, 1.165) is 11.3 Å². The minimum Gasteiger partial charge on any atom is -0.493 e. The largest absolute Gasteiger partial charge is 0.493 e. The van der Waals surface area contributed by atoms with Crippen LogP contribution >= 0.6 is 11.6 Å². The summed E-state index contributed by atoms with van der Waals surface area (Å²) in [6.45, 7) is 0.848. The average molecular weight is 440 g/mol. The lowest BCUT2D eigenvalue weighted by Crippen LogP contribution is -2.22. The Morgan fingerprint density at radius 1 is 1.10 bits per heavy atom. The van der Waals surface area contributed by atoms with Crippen molar-refractivity contribution >= 4 is 11.6 Å². The zero-order valence-corrected chi connectivity index (χ0v) is 17.5. The number of benzene rings is 2. The molecule has 31 heavy (non-hydrogen) atoms. The van der Waals surface area contributed by atoms with Crippen LogP contribution in [0.1, 0.15) is 17.4 Å². The number of halogens is 1. The number of methoxy groups -OCH3 is 2. The van der Waals surface area contributed by atoms with Crippen molar-refractivity contribution in [3.63, 3.8) is 0 Å². The van der Waals surface area contributed by atoms with Gasteiger partial charge in [-0.2, -0.15) is 4.98 Å². The van der Waals surface area contributed by atoms with E-state index in [0.29, 0.717) is 52.6 Å². The monoisotopic (exact) mass is 439 g/mol. The topological polar surface area (TPSA) is 97.3 Å². The summed E-state index contributed by atoms with van der Waals surface area (Å²) < 4.78 is 24.1. The zero-order valence-electron chi connectivity index (χ0n) is 16.8. The molecule has 1 atom stereocenters. The molecular formula is C21H18ClN5O4. The highest BCUT2D eigenvalue weighted by Gasteiger charge is 2.28. The first kappa shape index (κ1) is 19.5. The van der Waals surface area contributed by atoms with E-state index in [4.69, 9.17) is 30.3 Å². The molecule has 0 fully saturated rings. The highest BCUT2D eigenvalue weighted by Crippen LogP contribution is 2.38. The van der Waals surface area contributed by atoms with Crippen LogP contribution in [0.2, 0.25) is 5.02 Å². The molecule has 0 aliphatic carbocycles. The zero-order chi connectivity index (χ0) is 21.4. The molecule has 0 spiro atoms. The van der Waals surface area contributed by atoms with E-state index in [1.54, 1.807) is 25.0 Å². The summed E-state index contributed by atoms with van der Waals surface area (Å²) in [5.74, 6) is 1.71. The van der Waals surface area contributed by atoms with Crippen molar-refractivity contribution < 1.29 is 18.7 Å². The molecule has 1 aliphatic rings. The molecule has 0 radical (unpaired) electrons. The third-order valence-electron chi connectivity index (χ3n) is 5.11. The Kier molecular flexibility index (Phi) is 5.05. The van der Waals surface area contributed by atoms with Crippen molar-refractivity contribution in [2.75, 3.05) is 14.2 Å². The molecule has 2 aromatic heterocycles. The van der Waals surface area contributed by atoms with Crippen molar-refractivity contribution in [2.45, 2.75) is 19.3 Å². The summed E-state index contributed by atoms with van der Waals surface area (Å²) >= 11 is 5.98. The second kappa shape index (κ2) is 8.01. The van der Waals surface area contributed by atoms with Crippen LogP contribution < -0.4 is 9.47 Å². The van der Waals surface area contributed by atoms with Crippen LogP contribution in [0.4, 0.5) is 0 Å². The van der Waals surface area contributed by atoms with Crippen LogP contribution in [0.15, 0.2) is 47.0 Å². The lowest BCUT2D eigenvalue weighted by atomic mass is 10.1. The number of para-hydroxylation sites is 1. The maximum absolute atomic E-state index is 6.04. The Morgan fingerprint density at radius 3 is 2.71 bits per heavy atom. The third kappa shape index (κ3) is 3.51. The molecule has 9 nitrogen and oxygen atoms in total. The quantitative estimate of drug-likeness (QED) is 0.461. The van der Waals surface area contributed by atoms with E-state index in [1.807, 2.05) is 36.4 Å². The van der Waals surface area contributed by atoms with Gasteiger partial charge in [-0.05, 0) is 29.8 Å². The van der Waals surface area contributed by atoms with Gasteiger partial charge in [0.1, 0.15) is 6.10 Å². The number of nitrogens with zero attached hydrogens (tertiary/aromatic N) is 5. The third-order valence-corrected chi connectivity index (χ3v) is 5.36. The summed E-state index contributed by atoms with van der Waals surface area (Å²) in [5.41, 5.74) is 2.96. The van der Waals surface area contributed by atoms with Gasteiger partial charge in [0.2, 0.25) is 5.82 Å². The van der Waals surface area contributed by atoms with Crippen molar-refractivity contribution in [3.8, 4) is 34.5 Å². The SMILES string of the molecule is COc1cccc(-c2nc(-c3nnn4c3CO[C@H](c3ccc(Cl)cc3)C4)no2)c1OC. The summed E-state index contributed by atoms with van der Waals surface area (Å²) in [5, 5.41) is 13.3. The van der Waals surface area contributed by atoms with Gasteiger partial charge in [-0.25, -0.2) is 4.68 Å². The molecule has 0 saturated carbocycles. The van der Waals surface area contributed by atoms with E-state index in [2.05, 4.69) is 20.5 Å². The molecule has 0 bridgehead atoms. The van der Waals surface area contributed by atoms with Crippen LogP contribution in [-0.2, 0) is 17.9 Å². The van der Waals surface area contributed by atoms with Crippen LogP contribution in [0.5, 0.6) is 11.5 Å². The van der Waals surface area contributed by atoms with Crippen LogP contribution in [-0.4, -0.2) is 39.4 Å². The van der Waals surface area contributed by atoms with Gasteiger partial charge in [0.05, 0.1) is 38.6 Å². The molecule has 0 amide bonds. The number of hydrogen-bond acceptors (Lipinski definition) is 8. The van der Waals surface area contributed by atoms with Crippen molar-refractivity contribution in [3.05, 3.63) is 58.7 Å². The summed E-state index contributed by atoms with van der Waals surface area (Å²) in [7, 11) is 3.13. The predicted octanol–water partition coefficient (Wildman–Crippen LogP) is 3.94. The van der Waals surface area contributed by atoms with Gasteiger partial charge in [0.15, 0.2) is 17.2 Å². The van der Waals surface area contributed by atoms with Crippen LogP contribution in [0.25, 0.3) is 23.0 Å². The van der Waals surface area contributed by atoms with Crippen LogP contribution in [0, 0.1) is 0 Å². The molecule has 0 N–H and O–H groups in total. The molecule has 2 aromatic carbocycles. The Hall–Kier alpha value is -3.43. The maximum Gasteiger partial charge on any atom is 0.262 e. The summed E-state index contributed by atoms with van der Waals surface area (Å²) in [6, 6.07) is 13.0. The molecule has 0 saturated heterocycles. The Morgan fingerprint density at radius 2 is 1.94 bits per heavy atom. The highest BCUT2D eigenvalue weighted by atomic mass is 35.5. The van der Waals surface area contributed by atoms with Gasteiger partial charge >= 0.3 is 0 Å². The molecule has 3 heterocycles. The lowest BCUT2D eigenvalue weighted by Gasteiger charge is -2.24. The highest BCUT2D eigenvalue weighted by molar-refractivity contribution is 6.30. The first-order chi connectivity index (χ1) is 15.2. The van der Waals surface area contributed by atoms with Crippen molar-refractivity contribution in [1.29, 1.82) is 0 Å². The molecule has 158 valence electrons. The summed E-state index contributed by atoms with van der Waals surface area (Å²) in [6.07, 6.45) is -0.138. The van der Waals surface area contributed by atoms with Gasteiger partial charge in [0.25, 0.3) is 5.89 Å². The summed E-state index contributed by atoms with van der Waals surface area (Å²) in [4.78, 5) is 4.50. The second-order valence-electron chi connectivity index (χ2n) is 6.88. The molecule has 5 rings (SSSR count). The van der Waals surface area contributed by atoms with Gasteiger partial charge in [-0.15, -0.1) is 5.10 Å². The van der Waals surface area contributed by atoms with Crippen LogP contribution in [0.3, 0.4) is 0 Å². The fourth-order valence-electron chi connectivity index (χ4n) is 3.55. The van der Waals surface area contributed by atoms with Crippen molar-refractivity contribution in [1.82, 2.24) is 25.1 Å². The Bertz CT molecular complexity index is 1220. The van der Waals surface area contributed by atoms with Gasteiger partial charge in [-0.1, -0.05) is 40.2 Å². The number of aromatic nitrogens is 5. The molecule has 1 aliphatic heterocycles. The van der Waals surface area contributed by atoms with Crippen molar-refractivity contribution in [2.24, 2.45) is 0 Å².